The van der Waals surface area contributed by atoms with Crippen LogP contribution in [0.25, 0.3) is 0 Å². The van der Waals surface area contributed by atoms with E-state index in [-0.39, 0.29) is 6.54 Å². The summed E-state index contributed by atoms with van der Waals surface area (Å²) in [6.07, 6.45) is -0.485. The summed E-state index contributed by atoms with van der Waals surface area (Å²) >= 11 is 1.87. The van der Waals surface area contributed by atoms with Gasteiger partial charge in [0.05, 0.1) is 17.7 Å². The molecular formula is C12H14FIN2O4. The van der Waals surface area contributed by atoms with Gasteiger partial charge in [0.15, 0.2) is 0 Å². The standard InChI is InChI=1S/C12H14FIN2O4/c1-12(20,5-10(17)18)6-15-11(19)16-9-3-2-7(13)4-8(9)14/h2-4,20H,5-6H2,1H3,(H,17,18)(H2,15,16,19). The molecule has 6 nitrogen and oxygen atoms in total. The quantitative estimate of drug-likeness (QED) is 0.571. The van der Waals surface area contributed by atoms with Gasteiger partial charge in [-0.2, -0.15) is 0 Å². The molecule has 0 aliphatic heterocycles. The van der Waals surface area contributed by atoms with Crippen molar-refractivity contribution in [2.75, 3.05) is 11.9 Å². The van der Waals surface area contributed by atoms with E-state index < -0.39 is 29.8 Å². The Morgan fingerprint density at radius 1 is 1.45 bits per heavy atom. The van der Waals surface area contributed by atoms with Gasteiger partial charge in [0, 0.05) is 10.1 Å². The van der Waals surface area contributed by atoms with E-state index in [9.17, 15) is 19.1 Å². The first-order valence-electron chi connectivity index (χ1n) is 5.64. The van der Waals surface area contributed by atoms with Crippen LogP contribution in [-0.4, -0.2) is 34.4 Å². The molecule has 0 aliphatic carbocycles. The number of carboxylic acid groups (broad SMARTS) is 1. The third-order valence-electron chi connectivity index (χ3n) is 2.34. The van der Waals surface area contributed by atoms with E-state index in [0.717, 1.165) is 0 Å². The largest absolute Gasteiger partial charge is 0.481 e. The lowest BCUT2D eigenvalue weighted by Crippen LogP contribution is -2.43. The van der Waals surface area contributed by atoms with Gasteiger partial charge < -0.3 is 20.8 Å². The number of carboxylic acids is 1. The molecule has 110 valence electrons. The van der Waals surface area contributed by atoms with Crippen molar-refractivity contribution in [1.82, 2.24) is 5.32 Å². The number of amides is 2. The molecule has 0 spiro atoms. The molecule has 4 N–H and O–H groups in total. The third kappa shape index (κ3) is 5.70. The van der Waals surface area contributed by atoms with Crippen LogP contribution < -0.4 is 10.6 Å². The van der Waals surface area contributed by atoms with Crippen molar-refractivity contribution in [3.8, 4) is 0 Å². The number of aliphatic hydroxyl groups is 1. The minimum absolute atomic E-state index is 0.219. The van der Waals surface area contributed by atoms with Crippen molar-refractivity contribution < 1.29 is 24.2 Å². The first kappa shape index (κ1) is 16.6. The van der Waals surface area contributed by atoms with Crippen molar-refractivity contribution in [1.29, 1.82) is 0 Å². The maximum Gasteiger partial charge on any atom is 0.319 e. The van der Waals surface area contributed by atoms with Crippen molar-refractivity contribution in [2.45, 2.75) is 18.9 Å². The van der Waals surface area contributed by atoms with E-state index in [1.807, 2.05) is 22.6 Å². The van der Waals surface area contributed by atoms with E-state index in [2.05, 4.69) is 10.6 Å². The summed E-state index contributed by atoms with van der Waals surface area (Å²) in [7, 11) is 0. The number of rotatable bonds is 5. The molecule has 0 radical (unpaired) electrons. The Morgan fingerprint density at radius 3 is 2.65 bits per heavy atom. The van der Waals surface area contributed by atoms with Crippen LogP contribution in [0.2, 0.25) is 0 Å². The Balaban J connectivity index is 2.54. The van der Waals surface area contributed by atoms with Crippen LogP contribution in [0.3, 0.4) is 0 Å². The second-order valence-electron chi connectivity index (χ2n) is 4.50. The van der Waals surface area contributed by atoms with E-state index in [4.69, 9.17) is 5.11 Å². The van der Waals surface area contributed by atoms with Crippen LogP contribution in [0.5, 0.6) is 0 Å². The van der Waals surface area contributed by atoms with Crippen molar-refractivity contribution in [2.24, 2.45) is 0 Å². The summed E-state index contributed by atoms with van der Waals surface area (Å²) < 4.78 is 13.4. The summed E-state index contributed by atoms with van der Waals surface area (Å²) in [6, 6.07) is 3.27. The zero-order valence-electron chi connectivity index (χ0n) is 10.6. The molecule has 0 bridgehead atoms. The molecule has 20 heavy (non-hydrogen) atoms. The SMILES string of the molecule is CC(O)(CNC(=O)Nc1ccc(F)cc1I)CC(=O)O. The number of carbonyl (C=O) groups is 2. The molecule has 0 aromatic heterocycles. The predicted octanol–water partition coefficient (Wildman–Crippen LogP) is 1.78. The van der Waals surface area contributed by atoms with Crippen molar-refractivity contribution in [3.63, 3.8) is 0 Å². The molecule has 0 saturated carbocycles. The number of aliphatic carboxylic acids is 1. The molecule has 0 fully saturated rings. The fraction of sp³-hybridized carbons (Fsp3) is 0.333. The van der Waals surface area contributed by atoms with Crippen molar-refractivity contribution in [3.05, 3.63) is 27.6 Å². The van der Waals surface area contributed by atoms with Gasteiger partial charge in [0.25, 0.3) is 0 Å². The molecule has 8 heteroatoms. The van der Waals surface area contributed by atoms with E-state index in [1.54, 1.807) is 0 Å². The highest BCUT2D eigenvalue weighted by atomic mass is 127. The van der Waals surface area contributed by atoms with Crippen LogP contribution >= 0.6 is 22.6 Å². The Bertz CT molecular complexity index is 522. The van der Waals surface area contributed by atoms with Gasteiger partial charge in [-0.15, -0.1) is 0 Å². The molecule has 0 heterocycles. The zero-order valence-corrected chi connectivity index (χ0v) is 12.8. The van der Waals surface area contributed by atoms with E-state index in [1.165, 1.54) is 25.1 Å². The normalized spacial score (nSPS) is 13.4. The van der Waals surface area contributed by atoms with Gasteiger partial charge in [-0.25, -0.2) is 9.18 Å². The number of nitrogens with one attached hydrogen (secondary N) is 2. The first-order chi connectivity index (χ1) is 9.19. The second kappa shape index (κ2) is 6.84. The summed E-state index contributed by atoms with van der Waals surface area (Å²) in [5.74, 6) is -1.57. The number of anilines is 1. The van der Waals surface area contributed by atoms with Gasteiger partial charge in [-0.3, -0.25) is 4.79 Å². The number of carbonyl (C=O) groups excluding carboxylic acids is 1. The van der Waals surface area contributed by atoms with Crippen molar-refractivity contribution >= 4 is 40.3 Å². The zero-order chi connectivity index (χ0) is 15.3. The fourth-order valence-electron chi connectivity index (χ4n) is 1.42. The number of hydrogen-bond donors (Lipinski definition) is 4. The lowest BCUT2D eigenvalue weighted by Gasteiger charge is -2.21. The van der Waals surface area contributed by atoms with Crippen LogP contribution in [0.4, 0.5) is 14.9 Å². The third-order valence-corrected chi connectivity index (χ3v) is 3.23. The molecule has 1 rings (SSSR count). The van der Waals surface area contributed by atoms with Gasteiger partial charge >= 0.3 is 12.0 Å². The van der Waals surface area contributed by atoms with Crippen LogP contribution in [0.15, 0.2) is 18.2 Å². The Hall–Kier alpha value is -1.42. The Labute approximate surface area is 128 Å². The van der Waals surface area contributed by atoms with E-state index >= 15 is 0 Å². The average Bonchev–Trinajstić information content (AvgIpc) is 2.29. The summed E-state index contributed by atoms with van der Waals surface area (Å²) in [4.78, 5) is 22.1. The van der Waals surface area contributed by atoms with Crippen LogP contribution in [0.1, 0.15) is 13.3 Å². The first-order valence-corrected chi connectivity index (χ1v) is 6.71. The van der Waals surface area contributed by atoms with Gasteiger partial charge in [-0.05, 0) is 47.7 Å². The molecule has 1 aromatic carbocycles. The molecule has 2 amide bonds. The van der Waals surface area contributed by atoms with Crippen LogP contribution in [0, 0.1) is 9.39 Å². The lowest BCUT2D eigenvalue weighted by atomic mass is 10.0. The Morgan fingerprint density at radius 2 is 2.10 bits per heavy atom. The van der Waals surface area contributed by atoms with Gasteiger partial charge in [0.1, 0.15) is 5.82 Å². The predicted molar refractivity (Wildman–Crippen MR) is 79.0 cm³/mol. The van der Waals surface area contributed by atoms with Gasteiger partial charge in [-0.1, -0.05) is 0 Å². The minimum atomic E-state index is -1.54. The highest BCUT2D eigenvalue weighted by Gasteiger charge is 2.24. The molecule has 1 aromatic rings. The maximum atomic E-state index is 12.9. The van der Waals surface area contributed by atoms with E-state index in [0.29, 0.717) is 9.26 Å². The number of hydrogen-bond acceptors (Lipinski definition) is 3. The molecule has 0 saturated heterocycles. The molecular weight excluding hydrogens is 382 g/mol. The summed E-state index contributed by atoms with van der Waals surface area (Å²) in [6.45, 7) is 1.09. The fourth-order valence-corrected chi connectivity index (χ4v) is 2.03. The number of benzene rings is 1. The lowest BCUT2D eigenvalue weighted by molar-refractivity contribution is -0.141. The summed E-state index contributed by atoms with van der Waals surface area (Å²) in [5.41, 5.74) is -1.12. The monoisotopic (exact) mass is 396 g/mol. The van der Waals surface area contributed by atoms with Gasteiger partial charge in [0.2, 0.25) is 0 Å². The Kier molecular flexibility index (Phi) is 5.69. The van der Waals surface area contributed by atoms with Crippen LogP contribution in [-0.2, 0) is 4.79 Å². The minimum Gasteiger partial charge on any atom is -0.481 e. The highest BCUT2D eigenvalue weighted by molar-refractivity contribution is 14.1. The topological polar surface area (TPSA) is 98.7 Å². The molecule has 0 aliphatic rings. The average molecular weight is 396 g/mol. The molecule has 1 atom stereocenters. The number of halogens is 2. The smallest absolute Gasteiger partial charge is 0.319 e. The number of urea groups is 1. The second-order valence-corrected chi connectivity index (χ2v) is 5.66. The highest BCUT2D eigenvalue weighted by Crippen LogP contribution is 2.18. The summed E-state index contributed by atoms with van der Waals surface area (Å²) in [5, 5.41) is 23.1. The molecule has 1 unspecified atom stereocenters. The maximum absolute atomic E-state index is 12.9.